The van der Waals surface area contributed by atoms with E-state index in [9.17, 15) is 28.0 Å². The predicted molar refractivity (Wildman–Crippen MR) is 231 cm³/mol. The SMILES string of the molecule is CCOC(=O)c1ccc(CN(C(=O)N2CC[C@H](N(C)C)C2)c2ccc(F)c(Cl)c2)nc1.CN(C)[C@H]1CCN(C(=O)N(Cc2ccc(C(=O)CN)cn2)c2ccc(F)c(Cl)c2)C1. The summed E-state index contributed by atoms with van der Waals surface area (Å²) in [5, 5.41) is -0.122. The molecule has 2 aromatic heterocycles. The number of esters is 1. The van der Waals surface area contributed by atoms with Gasteiger partial charge in [0.25, 0.3) is 0 Å². The number of likely N-dealkylation sites (N-methyl/N-ethyl adjacent to an activating group) is 2. The van der Waals surface area contributed by atoms with Crippen LogP contribution in [0.1, 0.15) is 51.9 Å². The first-order chi connectivity index (χ1) is 29.1. The zero-order valence-electron chi connectivity index (χ0n) is 34.9. The van der Waals surface area contributed by atoms with Crippen LogP contribution in [0, 0.1) is 11.6 Å². The van der Waals surface area contributed by atoms with Gasteiger partial charge < -0.3 is 30.1 Å². The van der Waals surface area contributed by atoms with Crippen molar-refractivity contribution < 1.29 is 32.7 Å². The number of halogens is 4. The van der Waals surface area contributed by atoms with E-state index in [0.29, 0.717) is 60.1 Å². The van der Waals surface area contributed by atoms with E-state index in [1.165, 1.54) is 58.6 Å². The van der Waals surface area contributed by atoms with E-state index in [-0.39, 0.29) is 66.2 Å². The summed E-state index contributed by atoms with van der Waals surface area (Å²) in [5.41, 5.74) is 8.24. The molecule has 4 heterocycles. The number of anilines is 2. The molecule has 2 aliphatic rings. The zero-order chi connectivity index (χ0) is 44.4. The molecule has 14 nitrogen and oxygen atoms in total. The number of nitrogens with two attached hydrogens (primary N) is 1. The van der Waals surface area contributed by atoms with Crippen molar-refractivity contribution in [2.45, 2.75) is 44.9 Å². The number of benzene rings is 2. The van der Waals surface area contributed by atoms with Crippen molar-refractivity contribution in [1.82, 2.24) is 29.6 Å². The number of rotatable bonds is 12. The van der Waals surface area contributed by atoms with Crippen molar-refractivity contribution in [1.29, 1.82) is 0 Å². The Balaban J connectivity index is 0.000000231. The highest BCUT2D eigenvalue weighted by Gasteiger charge is 2.33. The van der Waals surface area contributed by atoms with E-state index in [1.54, 1.807) is 41.0 Å². The molecule has 18 heteroatoms. The van der Waals surface area contributed by atoms with Crippen LogP contribution in [0.3, 0.4) is 0 Å². The first kappa shape index (κ1) is 46.8. The van der Waals surface area contributed by atoms with Gasteiger partial charge >= 0.3 is 18.0 Å². The number of carbonyl (C=O) groups excluding carboxylic acids is 4. The van der Waals surface area contributed by atoms with Crippen LogP contribution in [0.2, 0.25) is 10.0 Å². The number of amides is 4. The molecule has 2 aliphatic heterocycles. The van der Waals surface area contributed by atoms with Crippen molar-refractivity contribution in [3.63, 3.8) is 0 Å². The summed E-state index contributed by atoms with van der Waals surface area (Å²) in [6.07, 6.45) is 4.63. The molecule has 0 saturated carbocycles. The molecule has 0 unspecified atom stereocenters. The minimum atomic E-state index is -0.552. The van der Waals surface area contributed by atoms with Gasteiger partial charge in [-0.15, -0.1) is 0 Å². The van der Waals surface area contributed by atoms with Gasteiger partial charge in [0.05, 0.1) is 53.2 Å². The lowest BCUT2D eigenvalue weighted by Crippen LogP contribution is -2.43. The molecule has 2 N–H and O–H groups in total. The number of hydrogen-bond donors (Lipinski definition) is 1. The van der Waals surface area contributed by atoms with Gasteiger partial charge in [-0.3, -0.25) is 24.6 Å². The van der Waals surface area contributed by atoms with E-state index in [2.05, 4.69) is 19.8 Å². The third-order valence-corrected chi connectivity index (χ3v) is 11.1. The molecular formula is C43H51Cl2F2N9O5. The first-order valence-electron chi connectivity index (χ1n) is 19.8. The number of urea groups is 2. The summed E-state index contributed by atoms with van der Waals surface area (Å²) in [7, 11) is 7.96. The predicted octanol–water partition coefficient (Wildman–Crippen LogP) is 6.59. The number of Topliss-reactive ketones (excluding diaryl/α,β-unsaturated/α-hetero) is 1. The third kappa shape index (κ3) is 12.2. The highest BCUT2D eigenvalue weighted by atomic mass is 35.5. The summed E-state index contributed by atoms with van der Waals surface area (Å²) >= 11 is 11.9. The van der Waals surface area contributed by atoms with E-state index in [0.717, 1.165) is 12.8 Å². The highest BCUT2D eigenvalue weighted by molar-refractivity contribution is 6.31. The Morgan fingerprint density at radius 1 is 0.721 bits per heavy atom. The van der Waals surface area contributed by atoms with E-state index < -0.39 is 17.6 Å². The lowest BCUT2D eigenvalue weighted by Gasteiger charge is -2.29. The molecule has 61 heavy (non-hydrogen) atoms. The van der Waals surface area contributed by atoms with Crippen molar-refractivity contribution in [3.05, 3.63) is 117 Å². The number of aromatic nitrogens is 2. The fourth-order valence-electron chi connectivity index (χ4n) is 6.84. The maximum absolute atomic E-state index is 13.7. The number of carbonyl (C=O) groups is 4. The Morgan fingerprint density at radius 2 is 1.16 bits per heavy atom. The van der Waals surface area contributed by atoms with Gasteiger partial charge in [-0.25, -0.2) is 23.2 Å². The molecule has 2 atom stereocenters. The molecule has 0 bridgehead atoms. The monoisotopic (exact) mass is 881 g/mol. The second-order valence-electron chi connectivity index (χ2n) is 15.1. The zero-order valence-corrected chi connectivity index (χ0v) is 36.4. The van der Waals surface area contributed by atoms with Gasteiger partial charge in [-0.1, -0.05) is 23.2 Å². The average Bonchev–Trinajstić information content (AvgIpc) is 3.96. The Morgan fingerprint density at radius 3 is 1.51 bits per heavy atom. The maximum atomic E-state index is 13.7. The molecule has 4 amide bonds. The van der Waals surface area contributed by atoms with Crippen LogP contribution in [-0.4, -0.2) is 133 Å². The maximum Gasteiger partial charge on any atom is 0.339 e. The fourth-order valence-corrected chi connectivity index (χ4v) is 7.19. The number of ether oxygens (including phenoxy) is 1. The fraction of sp³-hybridized carbons (Fsp3) is 0.395. The quantitative estimate of drug-likeness (QED) is 0.122. The summed E-state index contributed by atoms with van der Waals surface area (Å²) in [4.78, 5) is 69.7. The van der Waals surface area contributed by atoms with Gasteiger partial charge in [0.2, 0.25) is 0 Å². The number of nitrogens with zero attached hydrogens (tertiary/aromatic N) is 8. The summed E-state index contributed by atoms with van der Waals surface area (Å²) in [5.74, 6) is -1.77. The van der Waals surface area contributed by atoms with E-state index in [1.807, 2.05) is 28.2 Å². The molecule has 326 valence electrons. The van der Waals surface area contributed by atoms with Crippen LogP contribution in [0.25, 0.3) is 0 Å². The lowest BCUT2D eigenvalue weighted by molar-refractivity contribution is 0.0525. The molecule has 0 radical (unpaired) electrons. The van der Waals surface area contributed by atoms with Crippen molar-refractivity contribution in [2.75, 3.05) is 77.3 Å². The molecular weight excluding hydrogens is 831 g/mol. The van der Waals surface area contributed by atoms with Crippen LogP contribution < -0.4 is 15.5 Å². The van der Waals surface area contributed by atoms with Gasteiger partial charge in [-0.05, 0) is 109 Å². The van der Waals surface area contributed by atoms with Crippen LogP contribution in [0.15, 0.2) is 73.1 Å². The molecule has 2 fully saturated rings. The summed E-state index contributed by atoms with van der Waals surface area (Å²) in [6.45, 7) is 4.68. The first-order valence-corrected chi connectivity index (χ1v) is 20.5. The molecule has 0 aliphatic carbocycles. The van der Waals surface area contributed by atoms with E-state index in [4.69, 9.17) is 33.7 Å². The molecule has 6 rings (SSSR count). The van der Waals surface area contributed by atoms with E-state index >= 15 is 0 Å². The van der Waals surface area contributed by atoms with Crippen LogP contribution >= 0.6 is 23.2 Å². The number of likely N-dealkylation sites (tertiary alicyclic amines) is 2. The standard InChI is InChI=1S/C22H26ClFN4O3.C21H25ClFN5O2/c1-4-31-21(29)15-5-6-16(25-12-15)13-28(17-7-8-20(24)19(23)11-17)22(30)27-10-9-18(14-27)26(2)3;1-26(2)17-7-8-27(13-17)21(30)28(16-5-6-19(23)18(22)9-16)12-15-4-3-14(11-25-15)20(29)10-24/h5-8,11-12,18H,4,9-10,13-14H2,1-3H3;3-6,9,11,17H,7-8,10,12-13,24H2,1-2H3/t18-;17-/m00/s1. The molecule has 2 saturated heterocycles. The number of hydrogen-bond acceptors (Lipinski definition) is 10. The lowest BCUT2D eigenvalue weighted by atomic mass is 10.1. The van der Waals surface area contributed by atoms with Gasteiger partial charge in [0.1, 0.15) is 11.6 Å². The van der Waals surface area contributed by atoms with Gasteiger partial charge in [0.15, 0.2) is 5.78 Å². The van der Waals surface area contributed by atoms with Gasteiger partial charge in [0, 0.05) is 67.6 Å². The van der Waals surface area contributed by atoms with Crippen molar-refractivity contribution in [2.24, 2.45) is 5.73 Å². The topological polar surface area (TPSA) is 149 Å². The molecule has 4 aromatic rings. The van der Waals surface area contributed by atoms with Crippen LogP contribution in [0.5, 0.6) is 0 Å². The van der Waals surface area contributed by atoms with Crippen LogP contribution in [-0.2, 0) is 17.8 Å². The smallest absolute Gasteiger partial charge is 0.339 e. The second kappa shape index (κ2) is 21.5. The largest absolute Gasteiger partial charge is 0.462 e. The van der Waals surface area contributed by atoms with Gasteiger partial charge in [-0.2, -0.15) is 0 Å². The Kier molecular flexibility index (Phi) is 16.5. The summed E-state index contributed by atoms with van der Waals surface area (Å²) < 4.78 is 32.4. The summed E-state index contributed by atoms with van der Waals surface area (Å²) in [6, 6.07) is 15.1. The molecule has 2 aromatic carbocycles. The molecule has 0 spiro atoms. The Labute approximate surface area is 364 Å². The normalized spacial score (nSPS) is 16.1. The number of ketones is 1. The second-order valence-corrected chi connectivity index (χ2v) is 15.9. The third-order valence-electron chi connectivity index (χ3n) is 10.5. The Hall–Kier alpha value is -5.26. The van der Waals surface area contributed by atoms with Crippen LogP contribution in [0.4, 0.5) is 29.7 Å². The number of pyridine rings is 2. The Bertz CT molecular complexity index is 2170. The minimum absolute atomic E-state index is 0.0604. The highest BCUT2D eigenvalue weighted by Crippen LogP contribution is 2.28. The van der Waals surface area contributed by atoms with Crippen molar-refractivity contribution in [3.8, 4) is 0 Å². The minimum Gasteiger partial charge on any atom is -0.462 e. The van der Waals surface area contributed by atoms with Crippen molar-refractivity contribution >= 4 is 58.4 Å². The average molecular weight is 883 g/mol.